The summed E-state index contributed by atoms with van der Waals surface area (Å²) in [6, 6.07) is 9.78. The highest BCUT2D eigenvalue weighted by Gasteiger charge is 2.08. The molecule has 0 fully saturated rings. The van der Waals surface area contributed by atoms with Crippen molar-refractivity contribution in [3.63, 3.8) is 0 Å². The third kappa shape index (κ3) is 3.75. The molecular weight excluding hydrogens is 264 g/mol. The van der Waals surface area contributed by atoms with Gasteiger partial charge in [-0.05, 0) is 24.4 Å². The van der Waals surface area contributed by atoms with Crippen LogP contribution in [0.2, 0.25) is 0 Å². The lowest BCUT2D eigenvalue weighted by Crippen LogP contribution is -2.31. The molecule has 1 aromatic heterocycles. The van der Waals surface area contributed by atoms with Crippen molar-refractivity contribution in [3.05, 3.63) is 48.5 Å². The highest BCUT2D eigenvalue weighted by atomic mass is 32.1. The van der Waals surface area contributed by atoms with Crippen LogP contribution in [-0.4, -0.2) is 21.6 Å². The predicted octanol–water partition coefficient (Wildman–Crippen LogP) is 2.37. The number of hydrogen-bond donors (Lipinski definition) is 4. The standard InChI is InChI=1S/C12H14N4S2/c17-10(11-13-6-7-14-11)8-15-12(18)16-9-4-2-1-3-5-9/h1-7,10,17H,8H2,(H,13,14)(H2,15,16,18). The number of para-hydroxylation sites is 1. The van der Waals surface area contributed by atoms with Gasteiger partial charge in [0.25, 0.3) is 0 Å². The lowest BCUT2D eigenvalue weighted by atomic mass is 10.3. The van der Waals surface area contributed by atoms with E-state index < -0.39 is 0 Å². The number of benzene rings is 1. The van der Waals surface area contributed by atoms with Crippen molar-refractivity contribution in [2.24, 2.45) is 0 Å². The summed E-state index contributed by atoms with van der Waals surface area (Å²) in [5.41, 5.74) is 0.962. The van der Waals surface area contributed by atoms with Gasteiger partial charge < -0.3 is 15.6 Å². The third-order valence-corrected chi connectivity index (χ3v) is 3.00. The van der Waals surface area contributed by atoms with Crippen molar-refractivity contribution < 1.29 is 0 Å². The van der Waals surface area contributed by atoms with Crippen LogP contribution in [0.3, 0.4) is 0 Å². The molecule has 0 aliphatic rings. The first kappa shape index (κ1) is 12.9. The summed E-state index contributed by atoms with van der Waals surface area (Å²) >= 11 is 9.64. The largest absolute Gasteiger partial charge is 0.361 e. The topological polar surface area (TPSA) is 52.7 Å². The fourth-order valence-corrected chi connectivity index (χ4v) is 1.88. The Bertz CT molecular complexity index is 484. The van der Waals surface area contributed by atoms with E-state index in [0.717, 1.165) is 11.5 Å². The van der Waals surface area contributed by atoms with E-state index in [-0.39, 0.29) is 5.25 Å². The summed E-state index contributed by atoms with van der Waals surface area (Å²) < 4.78 is 0. The van der Waals surface area contributed by atoms with Crippen LogP contribution >= 0.6 is 24.8 Å². The van der Waals surface area contributed by atoms with Crippen molar-refractivity contribution in [1.29, 1.82) is 0 Å². The summed E-state index contributed by atoms with van der Waals surface area (Å²) in [5, 5.41) is 6.76. The van der Waals surface area contributed by atoms with Crippen LogP contribution < -0.4 is 10.6 Å². The smallest absolute Gasteiger partial charge is 0.170 e. The Morgan fingerprint density at radius 2 is 2.17 bits per heavy atom. The average molecular weight is 278 g/mol. The molecule has 1 aromatic carbocycles. The highest BCUT2D eigenvalue weighted by Crippen LogP contribution is 2.13. The molecule has 94 valence electrons. The zero-order valence-corrected chi connectivity index (χ0v) is 11.3. The summed E-state index contributed by atoms with van der Waals surface area (Å²) in [4.78, 5) is 7.16. The Hall–Kier alpha value is -1.53. The van der Waals surface area contributed by atoms with Crippen LogP contribution in [0, 0.1) is 0 Å². The van der Waals surface area contributed by atoms with E-state index in [2.05, 4.69) is 33.2 Å². The molecule has 6 heteroatoms. The van der Waals surface area contributed by atoms with Crippen molar-refractivity contribution in [3.8, 4) is 0 Å². The molecule has 1 atom stereocenters. The zero-order valence-electron chi connectivity index (χ0n) is 9.63. The lowest BCUT2D eigenvalue weighted by Gasteiger charge is -2.13. The number of thiol groups is 1. The number of aromatic nitrogens is 2. The molecule has 3 N–H and O–H groups in total. The van der Waals surface area contributed by atoms with Crippen LogP contribution in [0.1, 0.15) is 11.1 Å². The van der Waals surface area contributed by atoms with Gasteiger partial charge >= 0.3 is 0 Å². The predicted molar refractivity (Wildman–Crippen MR) is 81.0 cm³/mol. The van der Waals surface area contributed by atoms with E-state index in [4.69, 9.17) is 12.2 Å². The van der Waals surface area contributed by atoms with Gasteiger partial charge in [0, 0.05) is 24.6 Å². The first-order chi connectivity index (χ1) is 8.75. The van der Waals surface area contributed by atoms with Crippen molar-refractivity contribution >= 4 is 35.6 Å². The molecular formula is C12H14N4S2. The van der Waals surface area contributed by atoms with E-state index >= 15 is 0 Å². The molecule has 1 heterocycles. The summed E-state index contributed by atoms with van der Waals surface area (Å²) in [7, 11) is 0. The van der Waals surface area contributed by atoms with Gasteiger partial charge in [0.2, 0.25) is 0 Å². The molecule has 0 saturated heterocycles. The number of anilines is 1. The Balaban J connectivity index is 1.79. The van der Waals surface area contributed by atoms with Crippen LogP contribution in [-0.2, 0) is 0 Å². The van der Waals surface area contributed by atoms with Gasteiger partial charge in [-0.3, -0.25) is 0 Å². The molecule has 0 bridgehead atoms. The second-order valence-corrected chi connectivity index (χ2v) is 4.72. The molecule has 0 amide bonds. The van der Waals surface area contributed by atoms with E-state index in [1.54, 1.807) is 12.4 Å². The number of H-pyrrole nitrogens is 1. The number of nitrogens with zero attached hydrogens (tertiary/aromatic N) is 1. The lowest BCUT2D eigenvalue weighted by molar-refractivity contribution is 0.814. The molecule has 2 aromatic rings. The molecule has 2 rings (SSSR count). The summed E-state index contributed by atoms with van der Waals surface area (Å²) in [6.07, 6.45) is 3.48. The fraction of sp³-hybridized carbons (Fsp3) is 0.167. The molecule has 0 radical (unpaired) electrons. The fourth-order valence-electron chi connectivity index (χ4n) is 1.44. The van der Waals surface area contributed by atoms with E-state index in [0.29, 0.717) is 11.7 Å². The molecule has 0 spiro atoms. The van der Waals surface area contributed by atoms with Gasteiger partial charge in [0.1, 0.15) is 5.82 Å². The normalized spacial score (nSPS) is 11.8. The Morgan fingerprint density at radius 3 is 2.83 bits per heavy atom. The minimum atomic E-state index is -0.0180. The van der Waals surface area contributed by atoms with E-state index in [1.807, 2.05) is 30.3 Å². The first-order valence-electron chi connectivity index (χ1n) is 5.53. The number of thiocarbonyl (C=S) groups is 1. The van der Waals surface area contributed by atoms with Crippen molar-refractivity contribution in [2.75, 3.05) is 11.9 Å². The van der Waals surface area contributed by atoms with Crippen molar-refractivity contribution in [2.45, 2.75) is 5.25 Å². The van der Waals surface area contributed by atoms with Gasteiger partial charge in [0.05, 0.1) is 5.25 Å². The monoisotopic (exact) mass is 278 g/mol. The number of rotatable bonds is 4. The van der Waals surface area contributed by atoms with Crippen LogP contribution in [0.5, 0.6) is 0 Å². The maximum absolute atomic E-state index is 5.20. The van der Waals surface area contributed by atoms with Crippen molar-refractivity contribution in [1.82, 2.24) is 15.3 Å². The Morgan fingerprint density at radius 1 is 1.39 bits per heavy atom. The van der Waals surface area contributed by atoms with Gasteiger partial charge in [-0.25, -0.2) is 4.98 Å². The first-order valence-corrected chi connectivity index (χ1v) is 6.45. The summed E-state index contributed by atoms with van der Waals surface area (Å²) in [6.45, 7) is 0.606. The van der Waals surface area contributed by atoms with Gasteiger partial charge in [-0.2, -0.15) is 12.6 Å². The molecule has 4 nitrogen and oxygen atoms in total. The second-order valence-electron chi connectivity index (χ2n) is 3.69. The summed E-state index contributed by atoms with van der Waals surface area (Å²) in [5.74, 6) is 0.827. The van der Waals surface area contributed by atoms with E-state index in [1.165, 1.54) is 0 Å². The zero-order chi connectivity index (χ0) is 12.8. The molecule has 1 unspecified atom stereocenters. The SMILES string of the molecule is S=C(NCC(S)c1ncc[nH]1)Nc1ccccc1. The molecule has 0 saturated carbocycles. The molecule has 0 aliphatic carbocycles. The quantitative estimate of drug-likeness (QED) is 0.512. The van der Waals surface area contributed by atoms with E-state index in [9.17, 15) is 0 Å². The van der Waals surface area contributed by atoms with Gasteiger partial charge in [0.15, 0.2) is 5.11 Å². The third-order valence-electron chi connectivity index (χ3n) is 2.32. The van der Waals surface area contributed by atoms with Crippen LogP contribution in [0.25, 0.3) is 0 Å². The number of imidazole rings is 1. The maximum Gasteiger partial charge on any atom is 0.170 e. The number of nitrogens with one attached hydrogen (secondary N) is 3. The Kier molecular flexibility index (Phi) is 4.60. The number of hydrogen-bond acceptors (Lipinski definition) is 3. The Labute approximate surface area is 117 Å². The number of aromatic amines is 1. The molecule has 0 aliphatic heterocycles. The van der Waals surface area contributed by atoms with Crippen LogP contribution in [0.15, 0.2) is 42.7 Å². The maximum atomic E-state index is 5.20. The minimum Gasteiger partial charge on any atom is -0.361 e. The van der Waals surface area contributed by atoms with Gasteiger partial charge in [-0.15, -0.1) is 0 Å². The van der Waals surface area contributed by atoms with Gasteiger partial charge in [-0.1, -0.05) is 18.2 Å². The highest BCUT2D eigenvalue weighted by molar-refractivity contribution is 7.80. The van der Waals surface area contributed by atoms with Crippen LogP contribution in [0.4, 0.5) is 5.69 Å². The second kappa shape index (κ2) is 6.42. The minimum absolute atomic E-state index is 0.0180. The molecule has 18 heavy (non-hydrogen) atoms. The average Bonchev–Trinajstić information content (AvgIpc) is 2.91.